The van der Waals surface area contributed by atoms with Crippen LogP contribution >= 0.6 is 0 Å². The van der Waals surface area contributed by atoms with E-state index in [-0.39, 0.29) is 30.5 Å². The average molecular weight is 476 g/mol. The standard InChI is InChI=1S/C26H25N3O6/c30-23(31)14-26(11-5-6-12-26)28-24(32)21-13-22(35-29-21)27-25(33)34-15-20-18-9-3-1-7-16(18)17-8-2-4-10-19(17)20/h1-4,7-10,13,20H,5-6,11-12,14-15H2,(H,27,33)(H,28,32)(H,30,31). The van der Waals surface area contributed by atoms with Crippen LogP contribution in [-0.2, 0) is 9.53 Å². The van der Waals surface area contributed by atoms with Crippen molar-refractivity contribution in [2.24, 2.45) is 0 Å². The quantitative estimate of drug-likeness (QED) is 0.457. The molecule has 5 rings (SSSR count). The number of amides is 2. The molecule has 3 N–H and O–H groups in total. The number of aromatic nitrogens is 1. The van der Waals surface area contributed by atoms with E-state index in [1.165, 1.54) is 6.07 Å². The number of benzene rings is 2. The first-order chi connectivity index (χ1) is 16.9. The molecule has 1 heterocycles. The van der Waals surface area contributed by atoms with Gasteiger partial charge in [-0.25, -0.2) is 4.79 Å². The number of nitrogens with one attached hydrogen (secondary N) is 2. The van der Waals surface area contributed by atoms with Gasteiger partial charge in [-0.1, -0.05) is 66.5 Å². The summed E-state index contributed by atoms with van der Waals surface area (Å²) in [4.78, 5) is 36.3. The van der Waals surface area contributed by atoms with Crippen LogP contribution in [0.5, 0.6) is 0 Å². The number of rotatable bonds is 7. The van der Waals surface area contributed by atoms with Gasteiger partial charge in [0.05, 0.1) is 12.0 Å². The number of nitrogens with zero attached hydrogens (tertiary/aromatic N) is 1. The number of fused-ring (bicyclic) bond motifs is 3. The molecule has 2 aliphatic carbocycles. The van der Waals surface area contributed by atoms with E-state index in [9.17, 15) is 19.5 Å². The zero-order valence-electron chi connectivity index (χ0n) is 19.0. The number of carboxylic acid groups (broad SMARTS) is 1. The lowest BCUT2D eigenvalue weighted by atomic mass is 9.93. The van der Waals surface area contributed by atoms with Crippen molar-refractivity contribution in [3.05, 3.63) is 71.4 Å². The van der Waals surface area contributed by atoms with Crippen molar-refractivity contribution in [1.82, 2.24) is 10.5 Å². The second kappa shape index (κ2) is 9.25. The van der Waals surface area contributed by atoms with Gasteiger partial charge in [0, 0.05) is 12.0 Å². The van der Waals surface area contributed by atoms with Crippen LogP contribution in [0.3, 0.4) is 0 Å². The molecule has 3 aromatic rings. The minimum absolute atomic E-state index is 0.0360. The number of hydrogen-bond donors (Lipinski definition) is 3. The van der Waals surface area contributed by atoms with Crippen molar-refractivity contribution >= 4 is 23.9 Å². The van der Waals surface area contributed by atoms with Crippen LogP contribution in [0, 0.1) is 0 Å². The van der Waals surface area contributed by atoms with Crippen LogP contribution in [0.4, 0.5) is 10.7 Å². The van der Waals surface area contributed by atoms with Crippen molar-refractivity contribution in [3.8, 4) is 11.1 Å². The number of ether oxygens (including phenoxy) is 1. The summed E-state index contributed by atoms with van der Waals surface area (Å²) < 4.78 is 10.6. The number of aliphatic carboxylic acids is 1. The molecule has 0 saturated heterocycles. The summed E-state index contributed by atoms with van der Waals surface area (Å²) in [6.07, 6.45) is 2.00. The lowest BCUT2D eigenvalue weighted by Gasteiger charge is -2.28. The third-order valence-corrected chi connectivity index (χ3v) is 6.74. The normalized spacial score (nSPS) is 15.8. The summed E-state index contributed by atoms with van der Waals surface area (Å²) in [6.45, 7) is 0.138. The Bertz CT molecular complexity index is 1230. The Morgan fingerprint density at radius 3 is 2.29 bits per heavy atom. The molecule has 9 nitrogen and oxygen atoms in total. The van der Waals surface area contributed by atoms with E-state index in [1.54, 1.807) is 0 Å². The van der Waals surface area contributed by atoms with Gasteiger partial charge in [-0.3, -0.25) is 14.9 Å². The molecule has 180 valence electrons. The minimum atomic E-state index is -0.968. The van der Waals surface area contributed by atoms with Crippen LogP contribution < -0.4 is 10.6 Å². The smallest absolute Gasteiger partial charge is 0.414 e. The first-order valence-corrected chi connectivity index (χ1v) is 11.6. The van der Waals surface area contributed by atoms with E-state index in [0.29, 0.717) is 12.8 Å². The highest BCUT2D eigenvalue weighted by Crippen LogP contribution is 2.44. The number of carboxylic acids is 1. The first-order valence-electron chi connectivity index (χ1n) is 11.6. The Morgan fingerprint density at radius 2 is 1.66 bits per heavy atom. The molecule has 0 aliphatic heterocycles. The number of carbonyl (C=O) groups excluding carboxylic acids is 2. The molecular weight excluding hydrogens is 450 g/mol. The highest BCUT2D eigenvalue weighted by Gasteiger charge is 2.38. The van der Waals surface area contributed by atoms with Gasteiger partial charge >= 0.3 is 12.1 Å². The molecule has 1 fully saturated rings. The molecule has 2 amide bonds. The molecule has 35 heavy (non-hydrogen) atoms. The topological polar surface area (TPSA) is 131 Å². The molecule has 1 saturated carbocycles. The minimum Gasteiger partial charge on any atom is -0.481 e. The second-order valence-corrected chi connectivity index (χ2v) is 9.04. The number of anilines is 1. The summed E-state index contributed by atoms with van der Waals surface area (Å²) in [5.74, 6) is -1.63. The van der Waals surface area contributed by atoms with Crippen molar-refractivity contribution in [2.45, 2.75) is 43.6 Å². The van der Waals surface area contributed by atoms with Gasteiger partial charge in [0.15, 0.2) is 5.69 Å². The van der Waals surface area contributed by atoms with Crippen LogP contribution in [0.15, 0.2) is 59.1 Å². The predicted octanol–water partition coefficient (Wildman–Crippen LogP) is 4.55. The highest BCUT2D eigenvalue weighted by atomic mass is 16.6. The summed E-state index contributed by atoms with van der Waals surface area (Å²) in [5, 5.41) is 18.2. The monoisotopic (exact) mass is 475 g/mol. The third-order valence-electron chi connectivity index (χ3n) is 6.74. The fourth-order valence-corrected chi connectivity index (χ4v) is 5.17. The van der Waals surface area contributed by atoms with Crippen molar-refractivity contribution in [3.63, 3.8) is 0 Å². The molecule has 0 radical (unpaired) electrons. The SMILES string of the molecule is O=C(O)CC1(NC(=O)c2cc(NC(=O)OCC3c4ccccc4-c4ccccc43)on2)CCCC1. The zero-order valence-corrected chi connectivity index (χ0v) is 19.0. The molecule has 9 heteroatoms. The highest BCUT2D eigenvalue weighted by molar-refractivity contribution is 5.94. The van der Waals surface area contributed by atoms with Crippen LogP contribution in [0.25, 0.3) is 11.1 Å². The molecule has 0 atom stereocenters. The van der Waals surface area contributed by atoms with Gasteiger partial charge in [-0.05, 0) is 35.1 Å². The Balaban J connectivity index is 1.20. The van der Waals surface area contributed by atoms with Gasteiger partial charge in [0.2, 0.25) is 5.88 Å². The molecule has 0 spiro atoms. The third kappa shape index (κ3) is 4.62. The molecule has 2 aromatic carbocycles. The molecule has 0 unspecified atom stereocenters. The maximum atomic E-state index is 12.6. The number of carbonyl (C=O) groups is 3. The van der Waals surface area contributed by atoms with E-state index in [1.807, 2.05) is 36.4 Å². The van der Waals surface area contributed by atoms with Gasteiger partial charge in [0.25, 0.3) is 5.91 Å². The average Bonchev–Trinajstić information content (AvgIpc) is 3.56. The maximum Gasteiger partial charge on any atom is 0.414 e. The summed E-state index contributed by atoms with van der Waals surface area (Å²) in [7, 11) is 0. The van der Waals surface area contributed by atoms with Crippen LogP contribution in [-0.4, -0.2) is 40.4 Å². The van der Waals surface area contributed by atoms with E-state index in [0.717, 1.165) is 35.1 Å². The van der Waals surface area contributed by atoms with Gasteiger partial charge in [0.1, 0.15) is 6.61 Å². The lowest BCUT2D eigenvalue weighted by Crippen LogP contribution is -2.47. The van der Waals surface area contributed by atoms with Crippen LogP contribution in [0.1, 0.15) is 59.6 Å². The summed E-state index contributed by atoms with van der Waals surface area (Å²) in [6, 6.07) is 17.4. The van der Waals surface area contributed by atoms with Crippen molar-refractivity contribution < 1.29 is 28.8 Å². The zero-order chi connectivity index (χ0) is 24.4. The first kappa shape index (κ1) is 22.6. The summed E-state index contributed by atoms with van der Waals surface area (Å²) >= 11 is 0. The fourth-order valence-electron chi connectivity index (χ4n) is 5.17. The molecule has 2 aliphatic rings. The van der Waals surface area contributed by atoms with Crippen molar-refractivity contribution in [2.75, 3.05) is 11.9 Å². The van der Waals surface area contributed by atoms with E-state index in [2.05, 4.69) is 27.9 Å². The van der Waals surface area contributed by atoms with E-state index in [4.69, 9.17) is 9.26 Å². The maximum absolute atomic E-state index is 12.6. The lowest BCUT2D eigenvalue weighted by molar-refractivity contribution is -0.138. The molecule has 0 bridgehead atoms. The Labute approximate surface area is 201 Å². The number of hydrogen-bond acceptors (Lipinski definition) is 6. The largest absolute Gasteiger partial charge is 0.481 e. The molecular formula is C26H25N3O6. The molecule has 1 aromatic heterocycles. The van der Waals surface area contributed by atoms with Gasteiger partial charge in [-0.2, -0.15) is 0 Å². The predicted molar refractivity (Wildman–Crippen MR) is 126 cm³/mol. The van der Waals surface area contributed by atoms with Crippen LogP contribution in [0.2, 0.25) is 0 Å². The Morgan fingerprint density at radius 1 is 1.03 bits per heavy atom. The van der Waals surface area contributed by atoms with E-state index < -0.39 is 23.5 Å². The fraction of sp³-hybridized carbons (Fsp3) is 0.308. The second-order valence-electron chi connectivity index (χ2n) is 9.04. The van der Waals surface area contributed by atoms with Gasteiger partial charge in [-0.15, -0.1) is 0 Å². The summed E-state index contributed by atoms with van der Waals surface area (Å²) in [5.41, 5.74) is 3.62. The van der Waals surface area contributed by atoms with E-state index >= 15 is 0 Å². The Kier molecular flexibility index (Phi) is 5.98. The van der Waals surface area contributed by atoms with Gasteiger partial charge < -0.3 is 19.7 Å². The Hall–Kier alpha value is -4.14. The van der Waals surface area contributed by atoms with Crippen molar-refractivity contribution in [1.29, 1.82) is 0 Å².